The summed E-state index contributed by atoms with van der Waals surface area (Å²) in [7, 11) is -4.24. The van der Waals surface area contributed by atoms with Crippen molar-refractivity contribution in [2.24, 2.45) is 0 Å². The number of benzene rings is 1. The first-order valence-corrected chi connectivity index (χ1v) is 4.82. The van der Waals surface area contributed by atoms with Gasteiger partial charge in [-0.25, -0.2) is 8.42 Å². The molecule has 1 aromatic carbocycles. The largest absolute Gasteiger partial charge is 0.747 e. The van der Waals surface area contributed by atoms with Crippen molar-refractivity contribution in [1.82, 2.24) is 5.32 Å². The Bertz CT molecular complexity index is 333. The van der Waals surface area contributed by atoms with E-state index in [0.717, 1.165) is 0 Å². The molecule has 1 radical (unpaired) electrons. The second-order valence-corrected chi connectivity index (χ2v) is 3.55. The number of rotatable bonds is 3. The van der Waals surface area contributed by atoms with Crippen LogP contribution in [-0.2, 0) is 10.1 Å². The molecule has 0 atom stereocenters. The minimum atomic E-state index is -4.24. The highest BCUT2D eigenvalue weighted by Gasteiger charge is 1.95. The molecule has 0 saturated heterocycles. The van der Waals surface area contributed by atoms with Gasteiger partial charge in [0.1, 0.15) is 16.0 Å². The molecule has 0 fully saturated rings. The molecular formula is C7H7NO3S-. The molecule has 65 valence electrons. The van der Waals surface area contributed by atoms with Gasteiger partial charge in [0.25, 0.3) is 0 Å². The molecule has 1 aromatic rings. The van der Waals surface area contributed by atoms with Gasteiger partial charge in [-0.15, -0.1) is 0 Å². The summed E-state index contributed by atoms with van der Waals surface area (Å²) in [5, 5.41) is 3.58. The number of hydrogen-bond acceptors (Lipinski definition) is 3. The Morgan fingerprint density at radius 1 is 1.25 bits per heavy atom. The van der Waals surface area contributed by atoms with E-state index in [1.165, 1.54) is 0 Å². The highest BCUT2D eigenvalue weighted by Crippen LogP contribution is 2.04. The fraction of sp³-hybridized carbons (Fsp3) is 0.143. The number of hydrogen-bond donors (Lipinski definition) is 0. The van der Waals surface area contributed by atoms with E-state index in [-0.39, 0.29) is 0 Å². The molecule has 0 bridgehead atoms. The summed E-state index contributed by atoms with van der Waals surface area (Å²) in [6.07, 6.45) is 0. The van der Waals surface area contributed by atoms with Crippen LogP contribution in [0, 0.1) is 0 Å². The molecule has 0 spiro atoms. The van der Waals surface area contributed by atoms with Crippen molar-refractivity contribution in [2.45, 2.75) is 0 Å². The van der Waals surface area contributed by atoms with Crippen molar-refractivity contribution < 1.29 is 13.0 Å². The molecule has 5 heteroatoms. The highest BCUT2D eigenvalue weighted by molar-refractivity contribution is 7.85. The molecule has 4 nitrogen and oxygen atoms in total. The smallest absolute Gasteiger partial charge is 0.129 e. The van der Waals surface area contributed by atoms with E-state index >= 15 is 0 Å². The van der Waals surface area contributed by atoms with Gasteiger partial charge < -0.3 is 4.55 Å². The van der Waals surface area contributed by atoms with Gasteiger partial charge in [0.2, 0.25) is 0 Å². The van der Waals surface area contributed by atoms with Gasteiger partial charge >= 0.3 is 0 Å². The van der Waals surface area contributed by atoms with Crippen molar-refractivity contribution in [3.8, 4) is 0 Å². The standard InChI is InChI=1S/C7H8NO3S/c9-12(10,11)6-8-7-4-2-1-3-5-7/h1-5H,6H2,(H,9,10,11)/p-1. The lowest BCUT2D eigenvalue weighted by atomic mass is 10.3. The first kappa shape index (κ1) is 9.02. The van der Waals surface area contributed by atoms with Crippen molar-refractivity contribution >= 4 is 15.8 Å². The fourth-order valence-corrected chi connectivity index (χ4v) is 0.994. The van der Waals surface area contributed by atoms with Crippen LogP contribution in [0.5, 0.6) is 0 Å². The summed E-state index contributed by atoms with van der Waals surface area (Å²) in [6, 6.07) is 8.48. The van der Waals surface area contributed by atoms with Gasteiger partial charge in [0, 0.05) is 0 Å². The SMILES string of the molecule is O=S(=O)([O-])C[N]c1ccccc1. The van der Waals surface area contributed by atoms with Crippen molar-refractivity contribution in [3.05, 3.63) is 30.3 Å². The van der Waals surface area contributed by atoms with Gasteiger partial charge in [-0.1, -0.05) is 18.2 Å². The van der Waals surface area contributed by atoms with Gasteiger partial charge in [0.05, 0.1) is 5.69 Å². The molecule has 0 aliphatic heterocycles. The van der Waals surface area contributed by atoms with Gasteiger partial charge in [-0.3, -0.25) is 5.32 Å². The Balaban J connectivity index is 2.56. The average Bonchev–Trinajstić information content (AvgIpc) is 2.02. The van der Waals surface area contributed by atoms with E-state index in [1.54, 1.807) is 30.3 Å². The second-order valence-electron chi connectivity index (χ2n) is 2.18. The Morgan fingerprint density at radius 2 is 1.83 bits per heavy atom. The molecule has 0 amide bonds. The molecule has 0 saturated carbocycles. The zero-order valence-electron chi connectivity index (χ0n) is 6.17. The summed E-state index contributed by atoms with van der Waals surface area (Å²) < 4.78 is 30.5. The van der Waals surface area contributed by atoms with Crippen molar-refractivity contribution in [2.75, 3.05) is 5.88 Å². The van der Waals surface area contributed by atoms with Crippen LogP contribution in [-0.4, -0.2) is 18.8 Å². The summed E-state index contributed by atoms with van der Waals surface area (Å²) in [5.41, 5.74) is 0.497. The van der Waals surface area contributed by atoms with Gasteiger partial charge in [-0.05, 0) is 12.1 Å². The van der Waals surface area contributed by atoms with Gasteiger partial charge in [0.15, 0.2) is 0 Å². The van der Waals surface area contributed by atoms with Crippen LogP contribution < -0.4 is 5.32 Å². The van der Waals surface area contributed by atoms with E-state index in [1.807, 2.05) is 0 Å². The van der Waals surface area contributed by atoms with Crippen molar-refractivity contribution in [3.63, 3.8) is 0 Å². The van der Waals surface area contributed by atoms with Crippen LogP contribution in [0.1, 0.15) is 0 Å². The highest BCUT2D eigenvalue weighted by atomic mass is 32.2. The zero-order chi connectivity index (χ0) is 9.03. The number of para-hydroxylation sites is 1. The normalized spacial score (nSPS) is 11.1. The Hall–Kier alpha value is -1.07. The van der Waals surface area contributed by atoms with E-state index in [2.05, 4.69) is 5.32 Å². The van der Waals surface area contributed by atoms with Crippen LogP contribution in [0.4, 0.5) is 5.69 Å². The van der Waals surface area contributed by atoms with E-state index in [4.69, 9.17) is 0 Å². The summed E-state index contributed by atoms with van der Waals surface area (Å²) in [6.45, 7) is 0. The van der Waals surface area contributed by atoms with Gasteiger partial charge in [-0.2, -0.15) is 0 Å². The molecule has 0 heterocycles. The maximum atomic E-state index is 10.2. The predicted molar refractivity (Wildman–Crippen MR) is 42.8 cm³/mol. The lowest BCUT2D eigenvalue weighted by Gasteiger charge is -2.06. The second kappa shape index (κ2) is 3.55. The molecule has 0 aliphatic rings. The fourth-order valence-electron chi connectivity index (χ4n) is 0.687. The third-order valence-corrected chi connectivity index (χ3v) is 1.61. The Kier molecular flexibility index (Phi) is 2.67. The summed E-state index contributed by atoms with van der Waals surface area (Å²) >= 11 is 0. The molecule has 0 aliphatic carbocycles. The number of nitrogens with zero attached hydrogens (tertiary/aromatic N) is 1. The lowest BCUT2D eigenvalue weighted by Crippen LogP contribution is -2.12. The zero-order valence-corrected chi connectivity index (χ0v) is 6.99. The van der Waals surface area contributed by atoms with Crippen LogP contribution in [0.15, 0.2) is 30.3 Å². The van der Waals surface area contributed by atoms with E-state index < -0.39 is 16.0 Å². The van der Waals surface area contributed by atoms with E-state index in [9.17, 15) is 13.0 Å². The first-order valence-electron chi connectivity index (χ1n) is 3.24. The predicted octanol–water partition coefficient (Wildman–Crippen LogP) is 0.425. The van der Waals surface area contributed by atoms with Crippen LogP contribution in [0.2, 0.25) is 0 Å². The minimum Gasteiger partial charge on any atom is -0.747 e. The molecule has 0 unspecified atom stereocenters. The van der Waals surface area contributed by atoms with Crippen LogP contribution >= 0.6 is 0 Å². The molecular weight excluding hydrogens is 178 g/mol. The van der Waals surface area contributed by atoms with Crippen molar-refractivity contribution in [1.29, 1.82) is 0 Å². The first-order chi connectivity index (χ1) is 5.58. The molecule has 0 aromatic heterocycles. The third-order valence-electron chi connectivity index (χ3n) is 1.16. The average molecular weight is 185 g/mol. The monoisotopic (exact) mass is 185 g/mol. The Labute approximate surface area is 71.0 Å². The van der Waals surface area contributed by atoms with E-state index in [0.29, 0.717) is 5.69 Å². The maximum Gasteiger partial charge on any atom is 0.129 e. The molecule has 0 N–H and O–H groups in total. The lowest BCUT2D eigenvalue weighted by molar-refractivity contribution is 0.460. The third kappa shape index (κ3) is 3.36. The minimum absolute atomic E-state index is 0.497. The quantitative estimate of drug-likeness (QED) is 0.641. The summed E-state index contributed by atoms with van der Waals surface area (Å²) in [5.74, 6) is -0.697. The topological polar surface area (TPSA) is 71.3 Å². The maximum absolute atomic E-state index is 10.2. The van der Waals surface area contributed by atoms with Crippen LogP contribution in [0.3, 0.4) is 0 Å². The molecule has 1 rings (SSSR count). The summed E-state index contributed by atoms with van der Waals surface area (Å²) in [4.78, 5) is 0. The Morgan fingerprint density at radius 3 is 2.33 bits per heavy atom. The van der Waals surface area contributed by atoms with Crippen LogP contribution in [0.25, 0.3) is 0 Å². The molecule has 12 heavy (non-hydrogen) atoms.